The summed E-state index contributed by atoms with van der Waals surface area (Å²) < 4.78 is 7.37. The number of carbonyl (C=O) groups excluding carboxylic acids is 1. The van der Waals surface area contributed by atoms with E-state index in [1.165, 1.54) is 76.0 Å². The van der Waals surface area contributed by atoms with Crippen LogP contribution < -0.4 is 4.74 Å². The first-order valence-corrected chi connectivity index (χ1v) is 13.2. The van der Waals surface area contributed by atoms with Gasteiger partial charge in [-0.3, -0.25) is 4.79 Å². The van der Waals surface area contributed by atoms with Gasteiger partial charge < -0.3 is 14.2 Å². The highest BCUT2D eigenvalue weighted by Gasteiger charge is 2.32. The first-order valence-electron chi connectivity index (χ1n) is 12.2. The van der Waals surface area contributed by atoms with E-state index in [2.05, 4.69) is 26.6 Å². The zero-order chi connectivity index (χ0) is 22.3. The molecule has 32 heavy (non-hydrogen) atoms. The predicted molar refractivity (Wildman–Crippen MR) is 129 cm³/mol. The summed E-state index contributed by atoms with van der Waals surface area (Å²) in [4.78, 5) is 15.8. The van der Waals surface area contributed by atoms with Crippen LogP contribution in [0, 0.1) is 0 Å². The molecule has 0 bridgehead atoms. The molecule has 4 rings (SSSR count). The molecule has 1 aromatic heterocycles. The number of methoxy groups -OCH3 is 1. The Balaban J connectivity index is 1.47. The summed E-state index contributed by atoms with van der Waals surface area (Å²) in [5.74, 6) is 2.38. The molecular formula is C25H36N4O2S. The minimum atomic E-state index is 0.283. The number of hydrogen-bond acceptors (Lipinski definition) is 5. The molecule has 7 heteroatoms. The highest BCUT2D eigenvalue weighted by molar-refractivity contribution is 7.99. The first kappa shape index (κ1) is 23.1. The van der Waals surface area contributed by atoms with Gasteiger partial charge in [-0.25, -0.2) is 0 Å². The van der Waals surface area contributed by atoms with Crippen LogP contribution in [0.4, 0.5) is 0 Å². The van der Waals surface area contributed by atoms with Crippen LogP contribution in [-0.4, -0.2) is 50.5 Å². The number of nitrogens with zero attached hydrogens (tertiary/aromatic N) is 4. The van der Waals surface area contributed by atoms with Crippen LogP contribution in [0.15, 0.2) is 29.4 Å². The molecule has 2 aliphatic rings. The molecule has 1 aromatic carbocycles. The molecule has 1 heterocycles. The lowest BCUT2D eigenvalue weighted by atomic mass is 9.88. The second-order valence-electron chi connectivity index (χ2n) is 8.95. The molecule has 0 radical (unpaired) electrons. The number of carbonyl (C=O) groups is 1. The number of hydrogen-bond donors (Lipinski definition) is 0. The van der Waals surface area contributed by atoms with Crippen molar-refractivity contribution in [1.29, 1.82) is 0 Å². The number of benzene rings is 1. The van der Waals surface area contributed by atoms with Gasteiger partial charge in [0.2, 0.25) is 5.91 Å². The van der Waals surface area contributed by atoms with Crippen LogP contribution in [0.25, 0.3) is 11.4 Å². The smallest absolute Gasteiger partial charge is 0.233 e. The van der Waals surface area contributed by atoms with Crippen molar-refractivity contribution in [2.45, 2.75) is 94.9 Å². The van der Waals surface area contributed by atoms with Gasteiger partial charge in [0.05, 0.1) is 12.9 Å². The molecule has 2 aliphatic carbocycles. The van der Waals surface area contributed by atoms with Crippen LogP contribution in [0.3, 0.4) is 0 Å². The Morgan fingerprint density at radius 1 is 1.00 bits per heavy atom. The van der Waals surface area contributed by atoms with Crippen molar-refractivity contribution in [3.05, 3.63) is 24.3 Å². The van der Waals surface area contributed by atoms with E-state index in [0.717, 1.165) is 28.8 Å². The molecular weight excluding hydrogens is 420 g/mol. The maximum absolute atomic E-state index is 13.5. The minimum Gasteiger partial charge on any atom is -0.497 e. The van der Waals surface area contributed by atoms with E-state index >= 15 is 0 Å². The van der Waals surface area contributed by atoms with Gasteiger partial charge >= 0.3 is 0 Å². The molecule has 0 spiro atoms. The van der Waals surface area contributed by atoms with Crippen molar-refractivity contribution in [1.82, 2.24) is 19.7 Å². The summed E-state index contributed by atoms with van der Waals surface area (Å²) in [6, 6.07) is 8.74. The number of aromatic nitrogens is 3. The molecule has 6 nitrogen and oxygen atoms in total. The average molecular weight is 457 g/mol. The van der Waals surface area contributed by atoms with Gasteiger partial charge in [0, 0.05) is 24.2 Å². The van der Waals surface area contributed by atoms with Crippen molar-refractivity contribution in [3.63, 3.8) is 0 Å². The molecule has 0 atom stereocenters. The molecule has 1 amide bonds. The summed E-state index contributed by atoms with van der Waals surface area (Å²) in [5, 5.41) is 9.70. The van der Waals surface area contributed by atoms with Crippen LogP contribution in [0.2, 0.25) is 0 Å². The van der Waals surface area contributed by atoms with Gasteiger partial charge in [0.25, 0.3) is 0 Å². The molecule has 2 saturated carbocycles. The standard InChI is InChI=1S/C25H36N4O2S/c1-3-28-24(19-14-16-22(31-2)17-15-19)26-27-25(28)32-18-23(30)29(20-10-6-4-7-11-20)21-12-8-5-9-13-21/h14-17,20-21H,3-13,18H2,1-2H3. The molecule has 0 unspecified atom stereocenters. The summed E-state index contributed by atoms with van der Waals surface area (Å²) in [6.45, 7) is 2.86. The van der Waals surface area contributed by atoms with E-state index < -0.39 is 0 Å². The summed E-state index contributed by atoms with van der Waals surface area (Å²) in [5.41, 5.74) is 1.00. The highest BCUT2D eigenvalue weighted by atomic mass is 32.2. The average Bonchev–Trinajstić information content (AvgIpc) is 3.27. The fourth-order valence-corrected chi connectivity index (χ4v) is 6.13. The van der Waals surface area contributed by atoms with E-state index in [4.69, 9.17) is 4.74 Å². The van der Waals surface area contributed by atoms with Gasteiger partial charge in [-0.2, -0.15) is 0 Å². The Kier molecular flexibility index (Phi) is 8.11. The molecule has 0 N–H and O–H groups in total. The Morgan fingerprint density at radius 3 is 2.12 bits per heavy atom. The van der Waals surface area contributed by atoms with Crippen LogP contribution in [-0.2, 0) is 11.3 Å². The zero-order valence-electron chi connectivity index (χ0n) is 19.5. The van der Waals surface area contributed by atoms with E-state index in [1.54, 1.807) is 7.11 Å². The fourth-order valence-electron chi connectivity index (χ4n) is 5.26. The van der Waals surface area contributed by atoms with Crippen LogP contribution in [0.5, 0.6) is 5.75 Å². The number of thioether (sulfide) groups is 1. The fraction of sp³-hybridized carbons (Fsp3) is 0.640. The second kappa shape index (κ2) is 11.2. The highest BCUT2D eigenvalue weighted by Crippen LogP contribution is 2.32. The monoisotopic (exact) mass is 456 g/mol. The lowest BCUT2D eigenvalue weighted by Crippen LogP contribution is -2.49. The molecule has 0 saturated heterocycles. The second-order valence-corrected chi connectivity index (χ2v) is 9.89. The maximum atomic E-state index is 13.5. The maximum Gasteiger partial charge on any atom is 0.233 e. The van der Waals surface area contributed by atoms with Crippen LogP contribution >= 0.6 is 11.8 Å². The summed E-state index contributed by atoms with van der Waals surface area (Å²) >= 11 is 1.53. The van der Waals surface area contributed by atoms with Gasteiger partial charge in [0.1, 0.15) is 5.75 Å². The first-order chi connectivity index (χ1) is 15.7. The molecule has 174 valence electrons. The van der Waals surface area contributed by atoms with Crippen LogP contribution in [0.1, 0.15) is 71.1 Å². The van der Waals surface area contributed by atoms with Crippen molar-refractivity contribution in [3.8, 4) is 17.1 Å². The lowest BCUT2D eigenvalue weighted by Gasteiger charge is -2.41. The predicted octanol–water partition coefficient (Wildman–Crippen LogP) is 5.56. The van der Waals surface area contributed by atoms with Crippen molar-refractivity contribution < 1.29 is 9.53 Å². The minimum absolute atomic E-state index is 0.283. The molecule has 2 aromatic rings. The molecule has 0 aliphatic heterocycles. The third-order valence-electron chi connectivity index (χ3n) is 6.93. The summed E-state index contributed by atoms with van der Waals surface area (Å²) in [7, 11) is 1.67. The topological polar surface area (TPSA) is 60.2 Å². The quantitative estimate of drug-likeness (QED) is 0.487. The lowest BCUT2D eigenvalue weighted by molar-refractivity contribution is -0.135. The zero-order valence-corrected chi connectivity index (χ0v) is 20.3. The van der Waals surface area contributed by atoms with Gasteiger partial charge in [-0.15, -0.1) is 10.2 Å². The van der Waals surface area contributed by atoms with Crippen molar-refractivity contribution in [2.24, 2.45) is 0 Å². The number of ether oxygens (including phenoxy) is 1. The number of rotatable bonds is 8. The largest absolute Gasteiger partial charge is 0.497 e. The third kappa shape index (κ3) is 5.30. The van der Waals surface area contributed by atoms with E-state index in [-0.39, 0.29) is 5.91 Å². The normalized spacial score (nSPS) is 17.9. The Labute approximate surface area is 196 Å². The van der Waals surface area contributed by atoms with E-state index in [9.17, 15) is 4.79 Å². The van der Waals surface area contributed by atoms with Gasteiger partial charge in [-0.1, -0.05) is 50.3 Å². The van der Waals surface area contributed by atoms with Crippen molar-refractivity contribution in [2.75, 3.05) is 12.9 Å². The Bertz CT molecular complexity index is 853. The van der Waals surface area contributed by atoms with Gasteiger partial charge in [0.15, 0.2) is 11.0 Å². The SMILES string of the molecule is CCn1c(SCC(=O)N(C2CCCCC2)C2CCCCC2)nnc1-c1ccc(OC)cc1. The van der Waals surface area contributed by atoms with Gasteiger partial charge in [-0.05, 0) is 56.9 Å². The van der Waals surface area contributed by atoms with E-state index in [1.807, 2.05) is 24.3 Å². The Morgan fingerprint density at radius 2 is 1.59 bits per heavy atom. The Hall–Kier alpha value is -2.02. The van der Waals surface area contributed by atoms with E-state index in [0.29, 0.717) is 17.8 Å². The number of amides is 1. The van der Waals surface area contributed by atoms with Crippen molar-refractivity contribution >= 4 is 17.7 Å². The third-order valence-corrected chi connectivity index (χ3v) is 7.88. The molecule has 2 fully saturated rings. The summed E-state index contributed by atoms with van der Waals surface area (Å²) in [6.07, 6.45) is 12.3.